The van der Waals surface area contributed by atoms with Crippen molar-refractivity contribution in [2.75, 3.05) is 6.61 Å². The van der Waals surface area contributed by atoms with Crippen molar-refractivity contribution in [2.24, 2.45) is 5.92 Å². The summed E-state index contributed by atoms with van der Waals surface area (Å²) in [6.45, 7) is 7.26. The van der Waals surface area contributed by atoms with Crippen LogP contribution in [0.4, 0.5) is 4.39 Å². The Hall–Kier alpha value is -3.45. The van der Waals surface area contributed by atoms with Crippen molar-refractivity contribution in [1.82, 2.24) is 15.2 Å². The van der Waals surface area contributed by atoms with E-state index in [-0.39, 0.29) is 42.2 Å². The number of nitrogens with one attached hydrogen (secondary N) is 2. The van der Waals surface area contributed by atoms with Crippen LogP contribution in [-0.4, -0.2) is 23.0 Å². The first-order chi connectivity index (χ1) is 16.9. The van der Waals surface area contributed by atoms with Gasteiger partial charge in [-0.05, 0) is 41.7 Å². The molecule has 2 atom stereocenters. The number of carbonyl (C=O) groups excluding carboxylic acids is 2. The van der Waals surface area contributed by atoms with Crippen molar-refractivity contribution in [3.8, 4) is 0 Å². The van der Waals surface area contributed by atoms with Gasteiger partial charge in [0.15, 0.2) is 0 Å². The monoisotopic (exact) mass is 477 g/mol. The average molecular weight is 478 g/mol. The molecule has 0 spiro atoms. The first-order valence-corrected chi connectivity index (χ1v) is 12.1. The van der Waals surface area contributed by atoms with E-state index in [1.807, 2.05) is 55.7 Å². The fourth-order valence-electron chi connectivity index (χ4n) is 4.57. The van der Waals surface area contributed by atoms with Crippen molar-refractivity contribution in [2.45, 2.75) is 52.4 Å². The number of halogens is 1. The number of carbonyl (C=O) groups is 2. The number of ether oxygens (including phenoxy) is 1. The predicted octanol–water partition coefficient (Wildman–Crippen LogP) is 5.17. The summed E-state index contributed by atoms with van der Waals surface area (Å²) < 4.78 is 20.9. The zero-order valence-corrected chi connectivity index (χ0v) is 20.4. The van der Waals surface area contributed by atoms with E-state index >= 15 is 0 Å². The Bertz CT molecular complexity index is 1170. The number of benzene rings is 2. The van der Waals surface area contributed by atoms with Crippen LogP contribution in [0, 0.1) is 11.7 Å². The first kappa shape index (κ1) is 24.7. The van der Waals surface area contributed by atoms with Gasteiger partial charge in [0, 0.05) is 6.54 Å². The maximum Gasteiger partial charge on any atom is 0.268 e. The van der Waals surface area contributed by atoms with Gasteiger partial charge in [-0.3, -0.25) is 9.59 Å². The van der Waals surface area contributed by atoms with Gasteiger partial charge in [-0.25, -0.2) is 4.39 Å². The van der Waals surface area contributed by atoms with Gasteiger partial charge in [-0.1, -0.05) is 63.2 Å². The zero-order chi connectivity index (χ0) is 24.9. The Balaban J connectivity index is 1.60. The number of hydrogen-bond acceptors (Lipinski definition) is 3. The molecule has 1 aliphatic rings. The Kier molecular flexibility index (Phi) is 7.66. The van der Waals surface area contributed by atoms with E-state index in [4.69, 9.17) is 4.74 Å². The molecule has 1 aliphatic heterocycles. The second kappa shape index (κ2) is 10.9. The van der Waals surface area contributed by atoms with E-state index in [0.29, 0.717) is 30.1 Å². The molecule has 0 aliphatic carbocycles. The smallest absolute Gasteiger partial charge is 0.268 e. The van der Waals surface area contributed by atoms with E-state index in [2.05, 4.69) is 10.6 Å². The SMILES string of the molecule is CC[C@H](NC(=O)c1cc(C(=O)NC(c2ccc(F)cc2)C(C)C)c2n1CCOC2)c1ccccc1. The van der Waals surface area contributed by atoms with E-state index in [9.17, 15) is 14.0 Å². The molecule has 0 radical (unpaired) electrons. The number of hydrogen-bond donors (Lipinski definition) is 2. The minimum atomic E-state index is -0.322. The van der Waals surface area contributed by atoms with Crippen LogP contribution < -0.4 is 10.6 Å². The van der Waals surface area contributed by atoms with E-state index in [0.717, 1.165) is 17.5 Å². The van der Waals surface area contributed by atoms with Crippen LogP contribution in [-0.2, 0) is 17.9 Å². The average Bonchev–Trinajstić information content (AvgIpc) is 3.27. The predicted molar refractivity (Wildman–Crippen MR) is 132 cm³/mol. The normalized spacial score (nSPS) is 14.8. The molecular formula is C28H32FN3O3. The maximum absolute atomic E-state index is 13.4. The molecule has 0 bridgehead atoms. The van der Waals surface area contributed by atoms with Gasteiger partial charge < -0.3 is 19.9 Å². The van der Waals surface area contributed by atoms with Crippen LogP contribution in [0.3, 0.4) is 0 Å². The molecule has 4 rings (SSSR count). The Morgan fingerprint density at radius 3 is 2.37 bits per heavy atom. The van der Waals surface area contributed by atoms with Crippen LogP contribution in [0.15, 0.2) is 60.7 Å². The summed E-state index contributed by atoms with van der Waals surface area (Å²) in [5.74, 6) is -0.742. The molecule has 0 saturated carbocycles. The summed E-state index contributed by atoms with van der Waals surface area (Å²) in [5.41, 5.74) is 3.43. The molecule has 1 aromatic heterocycles. The Labute approximate surface area is 205 Å². The zero-order valence-electron chi connectivity index (χ0n) is 20.4. The molecule has 6 nitrogen and oxygen atoms in total. The molecular weight excluding hydrogens is 445 g/mol. The fourth-order valence-corrected chi connectivity index (χ4v) is 4.57. The number of nitrogens with zero attached hydrogens (tertiary/aromatic N) is 1. The van der Waals surface area contributed by atoms with Crippen molar-refractivity contribution in [1.29, 1.82) is 0 Å². The largest absolute Gasteiger partial charge is 0.373 e. The molecule has 7 heteroatoms. The fraction of sp³-hybridized carbons (Fsp3) is 0.357. The molecule has 2 amide bonds. The number of amides is 2. The highest BCUT2D eigenvalue weighted by atomic mass is 19.1. The van der Waals surface area contributed by atoms with Crippen LogP contribution >= 0.6 is 0 Å². The lowest BCUT2D eigenvalue weighted by atomic mass is 9.95. The minimum absolute atomic E-state index is 0.0815. The van der Waals surface area contributed by atoms with Crippen LogP contribution in [0.2, 0.25) is 0 Å². The molecule has 35 heavy (non-hydrogen) atoms. The topological polar surface area (TPSA) is 72.4 Å². The quantitative estimate of drug-likeness (QED) is 0.470. The second-order valence-corrected chi connectivity index (χ2v) is 9.19. The standard InChI is InChI=1S/C28H32FN3O3/c1-4-23(19-8-6-5-7-9-19)30-28(34)24-16-22(25-17-35-15-14-32(24)25)27(33)31-26(18(2)3)20-10-12-21(29)13-11-20/h5-13,16,18,23,26H,4,14-15,17H2,1-3H3,(H,30,34)(H,31,33)/t23-,26?/m0/s1. The van der Waals surface area contributed by atoms with Crippen molar-refractivity contribution in [3.63, 3.8) is 0 Å². The van der Waals surface area contributed by atoms with Crippen molar-refractivity contribution >= 4 is 11.8 Å². The van der Waals surface area contributed by atoms with Gasteiger partial charge in [0.25, 0.3) is 11.8 Å². The molecule has 2 aromatic carbocycles. The van der Waals surface area contributed by atoms with Crippen molar-refractivity contribution in [3.05, 3.63) is 94.6 Å². The van der Waals surface area contributed by atoms with E-state index < -0.39 is 0 Å². The molecule has 2 heterocycles. The minimum Gasteiger partial charge on any atom is -0.373 e. The van der Waals surface area contributed by atoms with Gasteiger partial charge in [-0.15, -0.1) is 0 Å². The van der Waals surface area contributed by atoms with Gasteiger partial charge in [0.1, 0.15) is 11.5 Å². The summed E-state index contributed by atoms with van der Waals surface area (Å²) in [6, 6.07) is 17.2. The van der Waals surface area contributed by atoms with Crippen molar-refractivity contribution < 1.29 is 18.7 Å². The molecule has 0 fully saturated rings. The van der Waals surface area contributed by atoms with Crippen LogP contribution in [0.5, 0.6) is 0 Å². The van der Waals surface area contributed by atoms with Gasteiger partial charge >= 0.3 is 0 Å². The molecule has 0 saturated heterocycles. The first-order valence-electron chi connectivity index (χ1n) is 12.1. The van der Waals surface area contributed by atoms with Crippen LogP contribution in [0.25, 0.3) is 0 Å². The third-order valence-corrected chi connectivity index (χ3v) is 6.48. The lowest BCUT2D eigenvalue weighted by Gasteiger charge is -2.24. The number of rotatable bonds is 8. The third-order valence-electron chi connectivity index (χ3n) is 6.48. The summed E-state index contributed by atoms with van der Waals surface area (Å²) in [6.07, 6.45) is 0.744. The highest BCUT2D eigenvalue weighted by molar-refractivity contribution is 6.01. The highest BCUT2D eigenvalue weighted by Gasteiger charge is 2.29. The number of aromatic nitrogens is 1. The summed E-state index contributed by atoms with van der Waals surface area (Å²) >= 11 is 0. The lowest BCUT2D eigenvalue weighted by Crippen LogP contribution is -2.33. The second-order valence-electron chi connectivity index (χ2n) is 9.19. The highest BCUT2D eigenvalue weighted by Crippen LogP contribution is 2.26. The van der Waals surface area contributed by atoms with E-state index in [1.165, 1.54) is 12.1 Å². The number of fused-ring (bicyclic) bond motifs is 1. The Morgan fingerprint density at radius 2 is 1.71 bits per heavy atom. The molecule has 3 aromatic rings. The maximum atomic E-state index is 13.4. The molecule has 1 unspecified atom stereocenters. The Morgan fingerprint density at radius 1 is 1.00 bits per heavy atom. The molecule has 2 N–H and O–H groups in total. The summed E-state index contributed by atoms with van der Waals surface area (Å²) in [7, 11) is 0. The van der Waals surface area contributed by atoms with Gasteiger partial charge in [-0.2, -0.15) is 0 Å². The van der Waals surface area contributed by atoms with Gasteiger partial charge in [0.05, 0.1) is 36.6 Å². The van der Waals surface area contributed by atoms with E-state index in [1.54, 1.807) is 18.2 Å². The third kappa shape index (κ3) is 5.46. The lowest BCUT2D eigenvalue weighted by molar-refractivity contribution is 0.0771. The van der Waals surface area contributed by atoms with Gasteiger partial charge in [0.2, 0.25) is 0 Å². The summed E-state index contributed by atoms with van der Waals surface area (Å²) in [5, 5.41) is 6.21. The molecule has 184 valence electrons. The summed E-state index contributed by atoms with van der Waals surface area (Å²) in [4.78, 5) is 26.8. The van der Waals surface area contributed by atoms with Crippen LogP contribution in [0.1, 0.15) is 76.9 Å².